The number of nitrogens with zero attached hydrogens (tertiary/aromatic N) is 1. The first-order valence-electron chi connectivity index (χ1n) is 8.57. The van der Waals surface area contributed by atoms with E-state index in [1.165, 1.54) is 36.4 Å². The summed E-state index contributed by atoms with van der Waals surface area (Å²) in [5.74, 6) is 0. The van der Waals surface area contributed by atoms with Gasteiger partial charge in [-0.25, -0.2) is 8.60 Å². The van der Waals surface area contributed by atoms with Crippen LogP contribution in [0.25, 0.3) is 0 Å². The fraction of sp³-hybridized carbons (Fsp3) is 0.143. The van der Waals surface area contributed by atoms with E-state index in [2.05, 4.69) is 3.77 Å². The molecule has 0 spiro atoms. The van der Waals surface area contributed by atoms with Gasteiger partial charge >= 0.3 is 0 Å². The Morgan fingerprint density at radius 2 is 1.21 bits per heavy atom. The minimum absolute atomic E-state index is 0.0266. The lowest BCUT2D eigenvalue weighted by atomic mass is 10.2. The molecule has 0 amide bonds. The Morgan fingerprint density at radius 1 is 0.714 bits per heavy atom. The molecule has 0 radical (unpaired) electrons. The zero-order valence-electron chi connectivity index (χ0n) is 15.4. The summed E-state index contributed by atoms with van der Waals surface area (Å²) in [6, 6.07) is 20.0. The Hall–Kier alpha value is -2.51. The van der Waals surface area contributed by atoms with Crippen LogP contribution in [0.4, 0.5) is 4.39 Å². The number of hydrogen-bond acceptors (Lipinski definition) is 3. The number of rotatable bonds is 5. The van der Waals surface area contributed by atoms with Gasteiger partial charge in [-0.15, -0.1) is 0 Å². The van der Waals surface area contributed by atoms with Crippen molar-refractivity contribution in [2.75, 3.05) is 0 Å². The first kappa shape index (κ1) is 20.2. The highest BCUT2D eigenvalue weighted by molar-refractivity contribution is 8.03. The Bertz CT molecular complexity index is 1180. The second-order valence-electron chi connectivity index (χ2n) is 6.47. The molecule has 0 aliphatic heterocycles. The molecule has 0 aliphatic carbocycles. The highest BCUT2D eigenvalue weighted by atomic mass is 32.3. The van der Waals surface area contributed by atoms with Gasteiger partial charge in [-0.2, -0.15) is 8.42 Å². The van der Waals surface area contributed by atoms with Gasteiger partial charge in [-0.3, -0.25) is 0 Å². The Kier molecular flexibility index (Phi) is 5.67. The molecule has 3 rings (SSSR count). The average molecular weight is 418 g/mol. The molecule has 0 heterocycles. The van der Waals surface area contributed by atoms with Crippen LogP contribution in [0.2, 0.25) is 0 Å². The summed E-state index contributed by atoms with van der Waals surface area (Å²) in [5, 5.41) is 0. The Morgan fingerprint density at radius 3 is 1.75 bits per heavy atom. The predicted molar refractivity (Wildman–Crippen MR) is 109 cm³/mol. The number of sulfonamides is 1. The molecule has 0 aromatic heterocycles. The van der Waals surface area contributed by atoms with E-state index in [-0.39, 0.29) is 15.4 Å². The lowest BCUT2D eigenvalue weighted by molar-refractivity contribution is 0.450. The van der Waals surface area contributed by atoms with Crippen molar-refractivity contribution in [1.29, 1.82) is 0 Å². The third-order valence-electron chi connectivity index (χ3n) is 4.23. The number of hydrogen-bond donors (Lipinski definition) is 0. The van der Waals surface area contributed by atoms with Crippen LogP contribution in [-0.2, 0) is 19.8 Å². The Balaban J connectivity index is 2.22. The summed E-state index contributed by atoms with van der Waals surface area (Å²) in [4.78, 5) is -0.100. The van der Waals surface area contributed by atoms with Crippen LogP contribution in [0.5, 0.6) is 0 Å². The summed E-state index contributed by atoms with van der Waals surface area (Å²) in [6.07, 6.45) is 0. The van der Waals surface area contributed by atoms with Gasteiger partial charge in [0.05, 0.1) is 9.79 Å². The molecule has 0 aliphatic rings. The molecule has 146 valence electrons. The van der Waals surface area contributed by atoms with Gasteiger partial charge in [0, 0.05) is 5.56 Å². The molecule has 0 unspecified atom stereocenters. The van der Waals surface area contributed by atoms with Crippen molar-refractivity contribution in [3.8, 4) is 0 Å². The minimum Gasteiger partial charge on any atom is -0.240 e. The van der Waals surface area contributed by atoms with E-state index in [0.29, 0.717) is 0 Å². The molecule has 0 saturated carbocycles. The maximum absolute atomic E-state index is 15.5. The van der Waals surface area contributed by atoms with Gasteiger partial charge in [0.1, 0.15) is 9.73 Å². The molecule has 3 aromatic carbocycles. The topological polar surface area (TPSA) is 63.6 Å². The number of benzene rings is 3. The number of alkyl halides is 1. The van der Waals surface area contributed by atoms with Gasteiger partial charge in [0.15, 0.2) is 0 Å². The van der Waals surface area contributed by atoms with E-state index < -0.39 is 25.3 Å². The van der Waals surface area contributed by atoms with Crippen molar-refractivity contribution in [2.24, 2.45) is 3.77 Å². The molecular weight excluding hydrogens is 397 g/mol. The molecular formula is C21H20FNO3S2. The zero-order chi connectivity index (χ0) is 20.4. The molecule has 28 heavy (non-hydrogen) atoms. The van der Waals surface area contributed by atoms with Gasteiger partial charge in [0.25, 0.3) is 10.0 Å². The van der Waals surface area contributed by atoms with Crippen molar-refractivity contribution in [3.05, 3.63) is 95.6 Å². The third kappa shape index (κ3) is 4.15. The lowest BCUT2D eigenvalue weighted by Gasteiger charge is -2.16. The van der Waals surface area contributed by atoms with E-state index in [1.54, 1.807) is 42.5 Å². The second kappa shape index (κ2) is 7.85. The first-order valence-corrected chi connectivity index (χ1v) is 11.6. The fourth-order valence-corrected chi connectivity index (χ4v) is 6.57. The van der Waals surface area contributed by atoms with Crippen molar-refractivity contribution in [2.45, 2.75) is 29.1 Å². The van der Waals surface area contributed by atoms with E-state index in [4.69, 9.17) is 0 Å². The highest BCUT2D eigenvalue weighted by Gasteiger charge is 2.30. The highest BCUT2D eigenvalue weighted by Crippen LogP contribution is 2.34. The molecule has 7 heteroatoms. The standard InChI is InChI=1S/C21H20FNO3S2/c1-16-8-12-18(13-9-16)21(22)27(24,19-6-4-3-5-7-19)23-28(25,26)20-14-10-17(2)11-15-20/h3-15,21H,1-2H3/t21-,27-/m1/s1. The molecule has 3 aromatic rings. The van der Waals surface area contributed by atoms with Crippen molar-refractivity contribution < 1.29 is 17.0 Å². The van der Waals surface area contributed by atoms with Crippen LogP contribution < -0.4 is 0 Å². The normalized spacial score (nSPS) is 14.8. The van der Waals surface area contributed by atoms with Gasteiger partial charge in [0.2, 0.25) is 5.50 Å². The maximum atomic E-state index is 15.5. The number of aryl methyl sites for hydroxylation is 2. The predicted octanol–water partition coefficient (Wildman–Crippen LogP) is 5.19. The van der Waals surface area contributed by atoms with Crippen LogP contribution in [-0.4, -0.2) is 12.6 Å². The van der Waals surface area contributed by atoms with Crippen molar-refractivity contribution in [1.82, 2.24) is 0 Å². The molecule has 0 N–H and O–H groups in total. The number of halogens is 1. The quantitative estimate of drug-likeness (QED) is 0.574. The molecule has 0 fully saturated rings. The third-order valence-corrected chi connectivity index (χ3v) is 8.55. The summed E-state index contributed by atoms with van der Waals surface area (Å²) in [6.45, 7) is 3.66. The zero-order valence-corrected chi connectivity index (χ0v) is 17.1. The van der Waals surface area contributed by atoms with Crippen LogP contribution >= 0.6 is 0 Å². The summed E-state index contributed by atoms with van der Waals surface area (Å²) < 4.78 is 58.4. The Labute approximate surface area is 165 Å². The van der Waals surface area contributed by atoms with E-state index in [0.717, 1.165) is 11.1 Å². The van der Waals surface area contributed by atoms with E-state index in [9.17, 15) is 12.6 Å². The molecule has 4 nitrogen and oxygen atoms in total. The smallest absolute Gasteiger partial charge is 0.240 e. The van der Waals surface area contributed by atoms with Gasteiger partial charge in [-0.05, 0) is 38.1 Å². The van der Waals surface area contributed by atoms with Crippen LogP contribution in [0.3, 0.4) is 0 Å². The fourth-order valence-electron chi connectivity index (χ4n) is 2.62. The van der Waals surface area contributed by atoms with Crippen molar-refractivity contribution >= 4 is 19.8 Å². The maximum Gasteiger partial charge on any atom is 0.290 e. The SMILES string of the molecule is Cc1ccc([C@H](F)[S@@](=O)(=NS(=O)(=O)c2ccc(C)cc2)c2ccccc2)cc1. The van der Waals surface area contributed by atoms with Crippen molar-refractivity contribution in [3.63, 3.8) is 0 Å². The monoisotopic (exact) mass is 417 g/mol. The van der Waals surface area contributed by atoms with E-state index >= 15 is 4.39 Å². The minimum atomic E-state index is -4.33. The van der Waals surface area contributed by atoms with Crippen LogP contribution in [0.15, 0.2) is 92.4 Å². The second-order valence-corrected chi connectivity index (χ2v) is 10.5. The van der Waals surface area contributed by atoms with Gasteiger partial charge in [-0.1, -0.05) is 69.5 Å². The summed E-state index contributed by atoms with van der Waals surface area (Å²) >= 11 is 0. The average Bonchev–Trinajstić information content (AvgIpc) is 2.68. The molecule has 2 atom stereocenters. The molecule has 0 saturated heterocycles. The van der Waals surface area contributed by atoms with Crippen LogP contribution in [0, 0.1) is 13.8 Å². The lowest BCUT2D eigenvalue weighted by Crippen LogP contribution is -2.13. The van der Waals surface area contributed by atoms with Crippen LogP contribution in [0.1, 0.15) is 22.2 Å². The summed E-state index contributed by atoms with van der Waals surface area (Å²) in [7, 11) is -8.29. The van der Waals surface area contributed by atoms with E-state index in [1.807, 2.05) is 13.8 Å². The largest absolute Gasteiger partial charge is 0.290 e. The van der Waals surface area contributed by atoms with Gasteiger partial charge < -0.3 is 0 Å². The molecule has 0 bridgehead atoms. The summed E-state index contributed by atoms with van der Waals surface area (Å²) in [5.41, 5.74) is -0.213. The first-order chi connectivity index (χ1) is 13.2.